The molecule has 2 saturated heterocycles. The van der Waals surface area contributed by atoms with Crippen molar-refractivity contribution in [3.8, 4) is 11.5 Å². The molecule has 202 valence electrons. The van der Waals surface area contributed by atoms with Crippen molar-refractivity contribution in [1.82, 2.24) is 19.4 Å². The van der Waals surface area contributed by atoms with Crippen molar-refractivity contribution in [2.45, 2.75) is 30.3 Å². The quantitative estimate of drug-likeness (QED) is 0.459. The number of carbonyl (C=O) groups is 1. The molecule has 0 radical (unpaired) electrons. The van der Waals surface area contributed by atoms with Crippen molar-refractivity contribution in [3.63, 3.8) is 0 Å². The normalized spacial score (nSPS) is 19.2. The van der Waals surface area contributed by atoms with Crippen LogP contribution in [0.4, 0.5) is 0 Å². The standard InChI is InChI=1S/C26H35ClN4O5S/c1-29(19-22-7-9-26(32)28-22)18-20-4-3-5-23(16-20)36-15-14-30-10-12-31(13-11-30)37(33,34)25-17-21(27)6-8-24(25)35-2/h3-6,8,16-17,22H,7,9-15,18-19H2,1-2H3,(H,28,32). The zero-order valence-electron chi connectivity index (χ0n) is 21.4. The van der Waals surface area contributed by atoms with Crippen molar-refractivity contribution >= 4 is 27.5 Å². The molecule has 0 aliphatic carbocycles. The molecule has 1 amide bonds. The van der Waals surface area contributed by atoms with Gasteiger partial charge in [-0.05, 0) is 49.4 Å². The smallest absolute Gasteiger partial charge is 0.246 e. The predicted octanol–water partition coefficient (Wildman–Crippen LogP) is 2.44. The van der Waals surface area contributed by atoms with Crippen molar-refractivity contribution in [1.29, 1.82) is 0 Å². The molecule has 0 aromatic heterocycles. The van der Waals surface area contributed by atoms with Gasteiger partial charge in [-0.1, -0.05) is 23.7 Å². The minimum absolute atomic E-state index is 0.0952. The van der Waals surface area contributed by atoms with Crippen LogP contribution in [0.25, 0.3) is 0 Å². The lowest BCUT2D eigenvalue weighted by atomic mass is 10.1. The third kappa shape index (κ3) is 7.36. The average molecular weight is 551 g/mol. The number of sulfonamides is 1. The van der Waals surface area contributed by atoms with Gasteiger partial charge in [0.2, 0.25) is 15.9 Å². The first-order chi connectivity index (χ1) is 17.7. The summed E-state index contributed by atoms with van der Waals surface area (Å²) >= 11 is 6.05. The number of rotatable bonds is 11. The van der Waals surface area contributed by atoms with Crippen LogP contribution in [0.1, 0.15) is 18.4 Å². The molecule has 0 spiro atoms. The molecule has 1 unspecified atom stereocenters. The first-order valence-corrected chi connectivity index (χ1v) is 14.3. The largest absolute Gasteiger partial charge is 0.495 e. The highest BCUT2D eigenvalue weighted by Crippen LogP contribution is 2.30. The maximum absolute atomic E-state index is 13.2. The summed E-state index contributed by atoms with van der Waals surface area (Å²) in [6.45, 7) is 4.84. The van der Waals surface area contributed by atoms with Crippen LogP contribution in [-0.2, 0) is 21.4 Å². The lowest BCUT2D eigenvalue weighted by molar-refractivity contribution is -0.119. The predicted molar refractivity (Wildman–Crippen MR) is 143 cm³/mol. The molecule has 1 N–H and O–H groups in total. The minimum atomic E-state index is -3.70. The number of halogens is 1. The molecule has 37 heavy (non-hydrogen) atoms. The number of carbonyl (C=O) groups excluding carboxylic acids is 1. The van der Waals surface area contributed by atoms with Gasteiger partial charge in [-0.2, -0.15) is 4.31 Å². The number of piperazine rings is 1. The zero-order valence-corrected chi connectivity index (χ0v) is 22.9. The maximum Gasteiger partial charge on any atom is 0.246 e. The number of hydrogen-bond donors (Lipinski definition) is 1. The van der Waals surface area contributed by atoms with Gasteiger partial charge in [-0.25, -0.2) is 8.42 Å². The summed E-state index contributed by atoms with van der Waals surface area (Å²) in [6, 6.07) is 12.9. The second-order valence-electron chi connectivity index (χ2n) is 9.54. The molecule has 4 rings (SSSR count). The molecule has 2 heterocycles. The van der Waals surface area contributed by atoms with Crippen LogP contribution in [0.3, 0.4) is 0 Å². The fourth-order valence-corrected chi connectivity index (χ4v) is 6.62. The van der Waals surface area contributed by atoms with Gasteiger partial charge in [0, 0.05) is 63.3 Å². The van der Waals surface area contributed by atoms with Gasteiger partial charge in [0.15, 0.2) is 0 Å². The Morgan fingerprint density at radius 1 is 1.14 bits per heavy atom. The Bertz CT molecular complexity index is 1190. The summed E-state index contributed by atoms with van der Waals surface area (Å²) in [7, 11) is -0.193. The number of benzene rings is 2. The van der Waals surface area contributed by atoms with Crippen LogP contribution in [0.15, 0.2) is 47.4 Å². The molecule has 2 aromatic carbocycles. The van der Waals surface area contributed by atoms with Crippen molar-refractivity contribution in [2.24, 2.45) is 0 Å². The van der Waals surface area contributed by atoms with E-state index in [4.69, 9.17) is 21.1 Å². The highest BCUT2D eigenvalue weighted by Gasteiger charge is 2.31. The SMILES string of the molecule is COc1ccc(Cl)cc1S(=O)(=O)N1CCN(CCOc2cccc(CN(C)CC3CCC(=O)N3)c2)CC1. The van der Waals surface area contributed by atoms with E-state index >= 15 is 0 Å². The summed E-state index contributed by atoms with van der Waals surface area (Å²) in [5.74, 6) is 1.24. The third-order valence-electron chi connectivity index (χ3n) is 6.72. The Balaban J connectivity index is 1.22. The summed E-state index contributed by atoms with van der Waals surface area (Å²) in [5.41, 5.74) is 1.15. The number of nitrogens with one attached hydrogen (secondary N) is 1. The van der Waals surface area contributed by atoms with E-state index in [9.17, 15) is 13.2 Å². The highest BCUT2D eigenvalue weighted by molar-refractivity contribution is 7.89. The Labute approximate surface area is 224 Å². The monoisotopic (exact) mass is 550 g/mol. The second-order valence-corrected chi connectivity index (χ2v) is 11.9. The van der Waals surface area contributed by atoms with Gasteiger partial charge in [-0.15, -0.1) is 0 Å². The van der Waals surface area contributed by atoms with Crippen LogP contribution in [0.2, 0.25) is 5.02 Å². The number of ether oxygens (including phenoxy) is 2. The van der Waals surface area contributed by atoms with E-state index in [0.717, 1.165) is 30.8 Å². The van der Waals surface area contributed by atoms with E-state index < -0.39 is 10.0 Å². The van der Waals surface area contributed by atoms with Gasteiger partial charge < -0.3 is 19.7 Å². The molecular formula is C26H35ClN4O5S. The highest BCUT2D eigenvalue weighted by atomic mass is 35.5. The van der Waals surface area contributed by atoms with Crippen molar-refractivity contribution in [3.05, 3.63) is 53.1 Å². The molecule has 2 fully saturated rings. The number of amides is 1. The molecule has 11 heteroatoms. The third-order valence-corrected chi connectivity index (χ3v) is 8.87. The second kappa shape index (κ2) is 12.4. The van der Waals surface area contributed by atoms with E-state index in [0.29, 0.717) is 56.5 Å². The lowest BCUT2D eigenvalue weighted by Crippen LogP contribution is -2.49. The maximum atomic E-state index is 13.2. The Kier molecular flexibility index (Phi) is 9.31. The van der Waals surface area contributed by atoms with E-state index in [2.05, 4.69) is 28.2 Å². The van der Waals surface area contributed by atoms with Gasteiger partial charge in [0.25, 0.3) is 0 Å². The number of likely N-dealkylation sites (N-methyl/N-ethyl adjacent to an activating group) is 1. The van der Waals surface area contributed by atoms with Gasteiger partial charge in [0.1, 0.15) is 23.0 Å². The molecular weight excluding hydrogens is 516 g/mol. The van der Waals surface area contributed by atoms with Gasteiger partial charge >= 0.3 is 0 Å². The van der Waals surface area contributed by atoms with E-state index in [1.807, 2.05) is 18.2 Å². The Morgan fingerprint density at radius 3 is 2.62 bits per heavy atom. The van der Waals surface area contributed by atoms with E-state index in [1.165, 1.54) is 17.5 Å². The summed E-state index contributed by atoms with van der Waals surface area (Å²) < 4.78 is 39.1. The minimum Gasteiger partial charge on any atom is -0.495 e. The fraction of sp³-hybridized carbons (Fsp3) is 0.500. The summed E-state index contributed by atoms with van der Waals surface area (Å²) in [4.78, 5) is 15.9. The molecule has 0 bridgehead atoms. The first kappa shape index (κ1) is 27.7. The topological polar surface area (TPSA) is 91.4 Å². The molecule has 1 atom stereocenters. The van der Waals surface area contributed by atoms with Crippen LogP contribution in [0, 0.1) is 0 Å². The summed E-state index contributed by atoms with van der Waals surface area (Å²) in [5, 5.41) is 3.37. The molecule has 2 aromatic rings. The van der Waals surface area contributed by atoms with E-state index in [-0.39, 0.29) is 16.8 Å². The van der Waals surface area contributed by atoms with E-state index in [1.54, 1.807) is 12.1 Å². The van der Waals surface area contributed by atoms with Crippen LogP contribution >= 0.6 is 11.6 Å². The van der Waals surface area contributed by atoms with Gasteiger partial charge in [-0.3, -0.25) is 9.69 Å². The number of nitrogens with zero attached hydrogens (tertiary/aromatic N) is 3. The fourth-order valence-electron chi connectivity index (χ4n) is 4.78. The Hall–Kier alpha value is -2.37. The zero-order chi connectivity index (χ0) is 26.4. The Morgan fingerprint density at radius 2 is 1.92 bits per heavy atom. The van der Waals surface area contributed by atoms with Crippen molar-refractivity contribution < 1.29 is 22.7 Å². The molecule has 2 aliphatic rings. The number of hydrogen-bond acceptors (Lipinski definition) is 7. The lowest BCUT2D eigenvalue weighted by Gasteiger charge is -2.34. The van der Waals surface area contributed by atoms with Crippen LogP contribution in [0.5, 0.6) is 11.5 Å². The molecule has 0 saturated carbocycles. The average Bonchev–Trinajstić information content (AvgIpc) is 3.28. The van der Waals surface area contributed by atoms with Crippen molar-refractivity contribution in [2.75, 3.05) is 60.0 Å². The number of methoxy groups -OCH3 is 1. The van der Waals surface area contributed by atoms with Crippen LogP contribution in [-0.4, -0.2) is 94.5 Å². The summed E-state index contributed by atoms with van der Waals surface area (Å²) in [6.07, 6.45) is 1.50. The first-order valence-electron chi connectivity index (χ1n) is 12.5. The van der Waals surface area contributed by atoms with Gasteiger partial charge in [0.05, 0.1) is 7.11 Å². The molecule has 2 aliphatic heterocycles. The van der Waals surface area contributed by atoms with Crippen LogP contribution < -0.4 is 14.8 Å². The molecule has 9 nitrogen and oxygen atoms in total.